The fraction of sp³-hybridized carbons (Fsp3) is 0.550. The number of nitrogens with zero attached hydrogens (tertiary/aromatic N) is 4. The van der Waals surface area contributed by atoms with E-state index in [-0.39, 0.29) is 11.9 Å². The van der Waals surface area contributed by atoms with E-state index in [1.54, 1.807) is 4.90 Å². The van der Waals surface area contributed by atoms with Crippen molar-refractivity contribution in [1.29, 1.82) is 0 Å². The molecule has 0 saturated carbocycles. The van der Waals surface area contributed by atoms with Gasteiger partial charge in [-0.2, -0.15) is 5.10 Å². The second-order valence-corrected chi connectivity index (χ2v) is 7.53. The predicted octanol–water partition coefficient (Wildman–Crippen LogP) is 1.92. The SMILES string of the molecule is O=C(c1ccccc1-c1ncn[nH]1)N1C[C@H](O)[C@@H](N2CCCCCCC2)C1. The lowest BCUT2D eigenvalue weighted by Gasteiger charge is -2.31. The van der Waals surface area contributed by atoms with Gasteiger partial charge in [0.25, 0.3) is 5.91 Å². The Hall–Kier alpha value is -2.25. The van der Waals surface area contributed by atoms with E-state index in [9.17, 15) is 9.90 Å². The molecule has 2 N–H and O–H groups in total. The van der Waals surface area contributed by atoms with E-state index < -0.39 is 6.10 Å². The minimum Gasteiger partial charge on any atom is -0.390 e. The van der Waals surface area contributed by atoms with Crippen molar-refractivity contribution in [2.24, 2.45) is 0 Å². The Kier molecular flexibility index (Phi) is 5.50. The van der Waals surface area contributed by atoms with Gasteiger partial charge < -0.3 is 10.0 Å². The van der Waals surface area contributed by atoms with Crippen LogP contribution in [0.2, 0.25) is 0 Å². The summed E-state index contributed by atoms with van der Waals surface area (Å²) in [5, 5.41) is 17.4. The number of H-pyrrole nitrogens is 1. The number of hydrogen-bond donors (Lipinski definition) is 2. The van der Waals surface area contributed by atoms with E-state index in [0.29, 0.717) is 24.5 Å². The molecule has 2 aliphatic rings. The number of nitrogens with one attached hydrogen (secondary N) is 1. The van der Waals surface area contributed by atoms with E-state index in [0.717, 1.165) is 18.7 Å². The number of carbonyl (C=O) groups excluding carboxylic acids is 1. The molecule has 1 amide bonds. The number of β-amino-alcohol motifs (C(OH)–C–C–N with tert-alkyl or cyclic N) is 1. The Bertz CT molecular complexity index is 755. The van der Waals surface area contributed by atoms with E-state index in [1.807, 2.05) is 24.3 Å². The van der Waals surface area contributed by atoms with Gasteiger partial charge in [0.1, 0.15) is 6.33 Å². The molecule has 0 spiro atoms. The summed E-state index contributed by atoms with van der Waals surface area (Å²) >= 11 is 0. The summed E-state index contributed by atoms with van der Waals surface area (Å²) in [5.41, 5.74) is 1.33. The number of hydrogen-bond acceptors (Lipinski definition) is 5. The highest BCUT2D eigenvalue weighted by atomic mass is 16.3. The molecule has 2 fully saturated rings. The van der Waals surface area contributed by atoms with Gasteiger partial charge in [0.05, 0.1) is 17.7 Å². The lowest BCUT2D eigenvalue weighted by Crippen LogP contribution is -2.45. The molecule has 0 unspecified atom stereocenters. The van der Waals surface area contributed by atoms with Gasteiger partial charge in [-0.05, 0) is 32.0 Å². The van der Waals surface area contributed by atoms with Crippen LogP contribution in [0.3, 0.4) is 0 Å². The zero-order chi connectivity index (χ0) is 18.6. The minimum absolute atomic E-state index is 0.0319. The summed E-state index contributed by atoms with van der Waals surface area (Å²) in [7, 11) is 0. The summed E-state index contributed by atoms with van der Waals surface area (Å²) in [5.74, 6) is 0.523. The van der Waals surface area contributed by atoms with Crippen molar-refractivity contribution >= 4 is 5.91 Å². The summed E-state index contributed by atoms with van der Waals surface area (Å²) in [6, 6.07) is 7.46. The maximum absolute atomic E-state index is 13.2. The first-order chi connectivity index (χ1) is 13.2. The largest absolute Gasteiger partial charge is 0.390 e. The van der Waals surface area contributed by atoms with Crippen LogP contribution in [0.4, 0.5) is 0 Å². The number of aliphatic hydroxyl groups excluding tert-OH is 1. The third kappa shape index (κ3) is 3.89. The van der Waals surface area contributed by atoms with Gasteiger partial charge in [0.15, 0.2) is 5.82 Å². The molecule has 1 aromatic carbocycles. The molecule has 1 aromatic heterocycles. The molecule has 2 atom stereocenters. The molecular weight excluding hydrogens is 342 g/mol. The molecule has 4 rings (SSSR count). The number of carbonyl (C=O) groups is 1. The van der Waals surface area contributed by atoms with Gasteiger partial charge in [-0.3, -0.25) is 14.8 Å². The van der Waals surface area contributed by atoms with Crippen LogP contribution in [0, 0.1) is 0 Å². The smallest absolute Gasteiger partial charge is 0.254 e. The van der Waals surface area contributed by atoms with Crippen LogP contribution in [0.1, 0.15) is 42.5 Å². The Balaban J connectivity index is 1.51. The average Bonchev–Trinajstić information content (AvgIpc) is 3.31. The first-order valence-electron chi connectivity index (χ1n) is 9.90. The molecule has 144 valence electrons. The molecule has 0 bridgehead atoms. The molecule has 0 aliphatic carbocycles. The highest BCUT2D eigenvalue weighted by Crippen LogP contribution is 2.25. The molecule has 0 radical (unpaired) electrons. The Labute approximate surface area is 159 Å². The Morgan fingerprint density at radius 2 is 1.81 bits per heavy atom. The molecule has 7 nitrogen and oxygen atoms in total. The molecule has 7 heteroatoms. The maximum atomic E-state index is 13.2. The molecule has 27 heavy (non-hydrogen) atoms. The quantitative estimate of drug-likeness (QED) is 0.863. The van der Waals surface area contributed by atoms with E-state index >= 15 is 0 Å². The number of rotatable bonds is 3. The van der Waals surface area contributed by atoms with Crippen molar-refractivity contribution in [2.45, 2.75) is 44.2 Å². The third-order valence-corrected chi connectivity index (χ3v) is 5.73. The van der Waals surface area contributed by atoms with Crippen molar-refractivity contribution in [3.05, 3.63) is 36.2 Å². The van der Waals surface area contributed by atoms with Gasteiger partial charge in [0.2, 0.25) is 0 Å². The number of aromatic amines is 1. The zero-order valence-corrected chi connectivity index (χ0v) is 15.5. The number of benzene rings is 1. The van der Waals surface area contributed by atoms with Crippen LogP contribution >= 0.6 is 0 Å². The molecule has 2 saturated heterocycles. The summed E-state index contributed by atoms with van der Waals surface area (Å²) in [6.07, 6.45) is 7.11. The van der Waals surface area contributed by atoms with Crippen LogP contribution in [-0.2, 0) is 0 Å². The fourth-order valence-corrected chi connectivity index (χ4v) is 4.28. The van der Waals surface area contributed by atoms with Gasteiger partial charge in [-0.15, -0.1) is 0 Å². The van der Waals surface area contributed by atoms with Gasteiger partial charge in [-0.1, -0.05) is 37.5 Å². The van der Waals surface area contributed by atoms with E-state index in [2.05, 4.69) is 20.1 Å². The fourth-order valence-electron chi connectivity index (χ4n) is 4.28. The first kappa shape index (κ1) is 18.1. The number of aromatic nitrogens is 3. The topological polar surface area (TPSA) is 85.3 Å². The molecule has 2 aromatic rings. The summed E-state index contributed by atoms with van der Waals surface area (Å²) < 4.78 is 0. The summed E-state index contributed by atoms with van der Waals surface area (Å²) in [4.78, 5) is 21.5. The number of aliphatic hydroxyl groups is 1. The molecule has 2 aliphatic heterocycles. The minimum atomic E-state index is -0.495. The Morgan fingerprint density at radius 1 is 1.07 bits per heavy atom. The zero-order valence-electron chi connectivity index (χ0n) is 15.5. The highest BCUT2D eigenvalue weighted by molar-refractivity contribution is 6.00. The lowest BCUT2D eigenvalue weighted by atomic mass is 10.1. The van der Waals surface area contributed by atoms with Crippen LogP contribution in [0.15, 0.2) is 30.6 Å². The molecular formula is C20H27N5O2. The van der Waals surface area contributed by atoms with Crippen molar-refractivity contribution < 1.29 is 9.90 Å². The normalized spacial score (nSPS) is 24.6. The van der Waals surface area contributed by atoms with E-state index in [1.165, 1.54) is 38.4 Å². The van der Waals surface area contributed by atoms with Gasteiger partial charge in [0, 0.05) is 18.7 Å². The second-order valence-electron chi connectivity index (χ2n) is 7.53. The van der Waals surface area contributed by atoms with Crippen LogP contribution in [0.5, 0.6) is 0 Å². The maximum Gasteiger partial charge on any atom is 0.254 e. The number of likely N-dealkylation sites (tertiary alicyclic amines) is 2. The van der Waals surface area contributed by atoms with E-state index in [4.69, 9.17) is 0 Å². The van der Waals surface area contributed by atoms with Crippen molar-refractivity contribution in [3.63, 3.8) is 0 Å². The monoisotopic (exact) mass is 369 g/mol. The second kappa shape index (κ2) is 8.19. The van der Waals surface area contributed by atoms with Crippen molar-refractivity contribution in [1.82, 2.24) is 25.0 Å². The van der Waals surface area contributed by atoms with Crippen LogP contribution < -0.4 is 0 Å². The van der Waals surface area contributed by atoms with Crippen molar-refractivity contribution in [3.8, 4) is 11.4 Å². The standard InChI is InChI=1S/C20H27N5O2/c26-18-13-25(12-17(18)24-10-6-2-1-3-7-11-24)20(27)16-9-5-4-8-15(16)19-21-14-22-23-19/h4-5,8-9,14,17-18,26H,1-3,6-7,10-13H2,(H,21,22,23)/t17-,18-/m0/s1. The predicted molar refractivity (Wildman–Crippen MR) is 102 cm³/mol. The first-order valence-corrected chi connectivity index (χ1v) is 9.90. The third-order valence-electron chi connectivity index (χ3n) is 5.73. The lowest BCUT2D eigenvalue weighted by molar-refractivity contribution is 0.0750. The average molecular weight is 369 g/mol. The summed E-state index contributed by atoms with van der Waals surface area (Å²) in [6.45, 7) is 2.98. The van der Waals surface area contributed by atoms with Gasteiger partial charge in [-0.25, -0.2) is 4.98 Å². The van der Waals surface area contributed by atoms with Crippen LogP contribution in [-0.4, -0.2) is 74.3 Å². The van der Waals surface area contributed by atoms with Gasteiger partial charge >= 0.3 is 0 Å². The Morgan fingerprint density at radius 3 is 2.56 bits per heavy atom. The number of amides is 1. The molecule has 3 heterocycles. The van der Waals surface area contributed by atoms with Crippen LogP contribution in [0.25, 0.3) is 11.4 Å². The highest BCUT2D eigenvalue weighted by Gasteiger charge is 2.38. The van der Waals surface area contributed by atoms with Crippen molar-refractivity contribution in [2.75, 3.05) is 26.2 Å².